The van der Waals surface area contributed by atoms with Gasteiger partial charge >= 0.3 is 0 Å². The molecule has 4 nitrogen and oxygen atoms in total. The Morgan fingerprint density at radius 2 is 2.08 bits per heavy atom. The quantitative estimate of drug-likeness (QED) is 0.614. The lowest BCUT2D eigenvalue weighted by Gasteiger charge is -2.03. The van der Waals surface area contributed by atoms with Gasteiger partial charge in [-0.1, -0.05) is 0 Å². The van der Waals surface area contributed by atoms with Gasteiger partial charge in [0.05, 0.1) is 4.90 Å². The first kappa shape index (κ1) is 10.6. The summed E-state index contributed by atoms with van der Waals surface area (Å²) in [6.45, 7) is 0. The average molecular weight is 269 g/mol. The number of hydrogen-bond donors (Lipinski definition) is 2. The van der Waals surface area contributed by atoms with E-state index in [9.17, 15) is 12.8 Å². The smallest absolute Gasteiger partial charge is 0.254 e. The molecule has 0 saturated carbocycles. The highest BCUT2D eigenvalue weighted by molar-refractivity contribution is 9.10. The minimum atomic E-state index is -3.73. The van der Waals surface area contributed by atoms with Crippen molar-refractivity contribution in [1.82, 2.24) is 4.83 Å². The normalized spacial score (nSPS) is 11.6. The van der Waals surface area contributed by atoms with Gasteiger partial charge in [0.15, 0.2) is 0 Å². The summed E-state index contributed by atoms with van der Waals surface area (Å²) in [6, 6.07) is 3.20. The predicted molar refractivity (Wildman–Crippen MR) is 48.6 cm³/mol. The van der Waals surface area contributed by atoms with E-state index in [1.807, 2.05) is 0 Å². The SMILES string of the molecule is NNS(=O)(=O)c1ccc(F)cc1Br. The molecule has 0 radical (unpaired) electrons. The third kappa shape index (κ3) is 2.25. The van der Waals surface area contributed by atoms with Crippen molar-refractivity contribution in [3.05, 3.63) is 28.5 Å². The van der Waals surface area contributed by atoms with Gasteiger partial charge in [-0.3, -0.25) is 5.84 Å². The number of nitrogens with two attached hydrogens (primary N) is 1. The van der Waals surface area contributed by atoms with Crippen molar-refractivity contribution in [3.8, 4) is 0 Å². The van der Waals surface area contributed by atoms with Crippen molar-refractivity contribution in [3.63, 3.8) is 0 Å². The molecule has 0 aromatic heterocycles. The first-order valence-electron chi connectivity index (χ1n) is 3.15. The van der Waals surface area contributed by atoms with Crippen LogP contribution in [0.15, 0.2) is 27.6 Å². The summed E-state index contributed by atoms with van der Waals surface area (Å²) >= 11 is 2.91. The maximum Gasteiger partial charge on any atom is 0.254 e. The fourth-order valence-corrected chi connectivity index (χ4v) is 2.44. The third-order valence-electron chi connectivity index (χ3n) is 1.34. The molecule has 0 unspecified atom stereocenters. The van der Waals surface area contributed by atoms with Gasteiger partial charge in [-0.05, 0) is 34.1 Å². The van der Waals surface area contributed by atoms with Gasteiger partial charge < -0.3 is 0 Å². The van der Waals surface area contributed by atoms with Crippen LogP contribution in [0.3, 0.4) is 0 Å². The fourth-order valence-electron chi connectivity index (χ4n) is 0.757. The molecule has 0 heterocycles. The fraction of sp³-hybridized carbons (Fsp3) is 0. The first-order valence-corrected chi connectivity index (χ1v) is 5.42. The molecule has 72 valence electrons. The van der Waals surface area contributed by atoms with Gasteiger partial charge in [0, 0.05) is 4.47 Å². The Bertz CT molecular complexity index is 421. The van der Waals surface area contributed by atoms with E-state index in [4.69, 9.17) is 5.84 Å². The summed E-state index contributed by atoms with van der Waals surface area (Å²) in [5.74, 6) is 4.27. The van der Waals surface area contributed by atoms with Crippen LogP contribution in [0.5, 0.6) is 0 Å². The molecule has 7 heteroatoms. The molecule has 0 amide bonds. The van der Waals surface area contributed by atoms with Crippen molar-refractivity contribution in [2.75, 3.05) is 0 Å². The molecule has 3 N–H and O–H groups in total. The molecule has 0 aliphatic carbocycles. The molecule has 0 saturated heterocycles. The Morgan fingerprint density at radius 1 is 1.46 bits per heavy atom. The molecule has 0 aliphatic rings. The average Bonchev–Trinajstić information content (AvgIpc) is 2.03. The van der Waals surface area contributed by atoms with Crippen LogP contribution in [0.1, 0.15) is 0 Å². The van der Waals surface area contributed by atoms with Gasteiger partial charge in [0.25, 0.3) is 10.0 Å². The number of rotatable bonds is 2. The van der Waals surface area contributed by atoms with Crippen LogP contribution in [0.2, 0.25) is 0 Å². The maximum absolute atomic E-state index is 12.6. The zero-order valence-electron chi connectivity index (χ0n) is 6.29. The number of nitrogens with one attached hydrogen (secondary N) is 1. The van der Waals surface area contributed by atoms with Crippen LogP contribution < -0.4 is 10.7 Å². The van der Waals surface area contributed by atoms with Crippen LogP contribution in [0.25, 0.3) is 0 Å². The summed E-state index contributed by atoms with van der Waals surface area (Å²) in [5.41, 5.74) is 0. The van der Waals surface area contributed by atoms with E-state index in [-0.39, 0.29) is 9.37 Å². The molecule has 0 spiro atoms. The molecule has 1 aromatic carbocycles. The Morgan fingerprint density at radius 3 is 2.54 bits per heavy atom. The number of benzene rings is 1. The highest BCUT2D eigenvalue weighted by atomic mass is 79.9. The lowest BCUT2D eigenvalue weighted by atomic mass is 10.3. The van der Waals surface area contributed by atoms with Crippen molar-refractivity contribution in [2.24, 2.45) is 5.84 Å². The van der Waals surface area contributed by atoms with E-state index in [1.165, 1.54) is 0 Å². The number of hydrazine groups is 1. The van der Waals surface area contributed by atoms with Crippen LogP contribution in [0.4, 0.5) is 4.39 Å². The van der Waals surface area contributed by atoms with Crippen molar-refractivity contribution in [1.29, 1.82) is 0 Å². The molecule has 13 heavy (non-hydrogen) atoms. The summed E-state index contributed by atoms with van der Waals surface area (Å²) in [4.78, 5) is 1.54. The largest absolute Gasteiger partial charge is 0.257 e. The summed E-state index contributed by atoms with van der Waals surface area (Å²) in [5, 5.41) is 0. The monoisotopic (exact) mass is 268 g/mol. The van der Waals surface area contributed by atoms with Crippen molar-refractivity contribution < 1.29 is 12.8 Å². The van der Waals surface area contributed by atoms with Gasteiger partial charge in [0.2, 0.25) is 0 Å². The minimum Gasteiger partial charge on any atom is -0.257 e. The summed E-state index contributed by atoms with van der Waals surface area (Å²) in [6.07, 6.45) is 0. The van der Waals surface area contributed by atoms with E-state index in [2.05, 4.69) is 15.9 Å². The van der Waals surface area contributed by atoms with Crippen molar-refractivity contribution in [2.45, 2.75) is 4.90 Å². The van der Waals surface area contributed by atoms with Crippen LogP contribution in [0, 0.1) is 5.82 Å². The number of hydrogen-bond acceptors (Lipinski definition) is 3. The highest BCUT2D eigenvalue weighted by Crippen LogP contribution is 2.21. The Kier molecular flexibility index (Phi) is 3.01. The van der Waals surface area contributed by atoms with Gasteiger partial charge in [-0.15, -0.1) is 0 Å². The van der Waals surface area contributed by atoms with E-state index in [1.54, 1.807) is 4.83 Å². The molecule has 0 atom stereocenters. The highest BCUT2D eigenvalue weighted by Gasteiger charge is 2.15. The van der Waals surface area contributed by atoms with Gasteiger partial charge in [-0.25, -0.2) is 12.8 Å². The van der Waals surface area contributed by atoms with E-state index >= 15 is 0 Å². The summed E-state index contributed by atoms with van der Waals surface area (Å²) in [7, 11) is -3.73. The topological polar surface area (TPSA) is 72.2 Å². The second-order valence-corrected chi connectivity index (χ2v) is 4.73. The Hall–Kier alpha value is -0.500. The second-order valence-electron chi connectivity index (χ2n) is 2.20. The van der Waals surface area contributed by atoms with Crippen LogP contribution in [-0.2, 0) is 10.0 Å². The van der Waals surface area contributed by atoms with E-state index in [0.717, 1.165) is 18.2 Å². The van der Waals surface area contributed by atoms with Crippen LogP contribution >= 0.6 is 15.9 Å². The predicted octanol–water partition coefficient (Wildman–Crippen LogP) is 0.740. The van der Waals surface area contributed by atoms with E-state index < -0.39 is 15.8 Å². The molecule has 0 fully saturated rings. The van der Waals surface area contributed by atoms with Gasteiger partial charge in [0.1, 0.15) is 5.82 Å². The Labute approximate surface area is 83.1 Å². The molecule has 1 aromatic rings. The molecule has 1 rings (SSSR count). The molecule has 0 aliphatic heterocycles. The third-order valence-corrected chi connectivity index (χ3v) is 3.50. The molecular formula is C6H6BrFN2O2S. The zero-order valence-corrected chi connectivity index (χ0v) is 8.69. The lowest BCUT2D eigenvalue weighted by molar-refractivity contribution is 0.582. The van der Waals surface area contributed by atoms with Crippen LogP contribution in [-0.4, -0.2) is 8.42 Å². The van der Waals surface area contributed by atoms with Gasteiger partial charge in [-0.2, -0.15) is 4.83 Å². The summed E-state index contributed by atoms with van der Waals surface area (Å²) < 4.78 is 35.0. The number of halogens is 2. The minimum absolute atomic E-state index is 0.101. The Balaban J connectivity index is 3.33. The standard InChI is InChI=1S/C6H6BrFN2O2S/c7-5-3-4(8)1-2-6(5)13(11,12)10-9/h1-3,10H,9H2. The maximum atomic E-state index is 12.6. The zero-order chi connectivity index (χ0) is 10.1. The second kappa shape index (κ2) is 3.70. The van der Waals surface area contributed by atoms with E-state index in [0.29, 0.717) is 0 Å². The molecular weight excluding hydrogens is 263 g/mol. The first-order chi connectivity index (χ1) is 5.97. The molecule has 0 bridgehead atoms. The lowest BCUT2D eigenvalue weighted by Crippen LogP contribution is -2.30. The number of sulfonamides is 1. The van der Waals surface area contributed by atoms with Crippen molar-refractivity contribution >= 4 is 26.0 Å².